The minimum atomic E-state index is -1.42. The first-order valence-corrected chi connectivity index (χ1v) is 4.93. The Hall–Kier alpha value is -0.540. The van der Waals surface area contributed by atoms with E-state index in [0.717, 1.165) is 5.75 Å². The van der Waals surface area contributed by atoms with Crippen LogP contribution in [0.3, 0.4) is 0 Å². The highest BCUT2D eigenvalue weighted by molar-refractivity contribution is 8.08. The molecule has 4 heteroatoms. The predicted molar refractivity (Wildman–Crippen MR) is 45.3 cm³/mol. The second-order valence-corrected chi connectivity index (χ2v) is 3.66. The van der Waals surface area contributed by atoms with E-state index in [1.54, 1.807) is 31.4 Å². The highest BCUT2D eigenvalue weighted by Gasteiger charge is 1.98. The van der Waals surface area contributed by atoms with Crippen LogP contribution in [-0.4, -0.2) is 11.3 Å². The maximum absolute atomic E-state index is 10.7. The van der Waals surface area contributed by atoms with Crippen molar-refractivity contribution in [1.82, 2.24) is 0 Å². The van der Waals surface area contributed by atoms with Gasteiger partial charge in [0.1, 0.15) is 15.8 Å². The quantitative estimate of drug-likeness (QED) is 0.667. The van der Waals surface area contributed by atoms with Gasteiger partial charge in [0.2, 0.25) is 0 Å². The van der Waals surface area contributed by atoms with Crippen LogP contribution in [0.5, 0.6) is 5.75 Å². The van der Waals surface area contributed by atoms with Crippen molar-refractivity contribution in [2.75, 3.05) is 7.11 Å². The van der Waals surface area contributed by atoms with E-state index in [4.69, 9.17) is 15.4 Å². The van der Waals surface area contributed by atoms with Gasteiger partial charge in [-0.05, 0) is 34.9 Å². The molecule has 0 spiro atoms. The molecule has 0 fully saturated rings. The maximum atomic E-state index is 10.7. The highest BCUT2D eigenvalue weighted by atomic mass is 35.7. The summed E-state index contributed by atoms with van der Waals surface area (Å²) in [6, 6.07) is 6.77. The standard InChI is InChI=1S/C7H7ClO2S/c1-10-6-2-4-7(5-3-6)11(8)9/h2-5H,1H3. The van der Waals surface area contributed by atoms with E-state index in [1.807, 2.05) is 0 Å². The van der Waals surface area contributed by atoms with Gasteiger partial charge in [-0.2, -0.15) is 0 Å². The van der Waals surface area contributed by atoms with Gasteiger partial charge in [0.25, 0.3) is 0 Å². The zero-order valence-electron chi connectivity index (χ0n) is 5.91. The van der Waals surface area contributed by atoms with Crippen LogP contribution in [0.25, 0.3) is 0 Å². The molecule has 0 radical (unpaired) electrons. The molecule has 0 aromatic heterocycles. The maximum Gasteiger partial charge on any atom is 0.147 e. The minimum absolute atomic E-state index is 0.590. The molecule has 0 heterocycles. The van der Waals surface area contributed by atoms with Gasteiger partial charge >= 0.3 is 0 Å². The first-order chi connectivity index (χ1) is 5.24. The zero-order chi connectivity index (χ0) is 8.27. The summed E-state index contributed by atoms with van der Waals surface area (Å²) in [4.78, 5) is 0.590. The summed E-state index contributed by atoms with van der Waals surface area (Å²) in [7, 11) is 5.48. The van der Waals surface area contributed by atoms with Crippen molar-refractivity contribution in [3.63, 3.8) is 0 Å². The van der Waals surface area contributed by atoms with E-state index >= 15 is 0 Å². The minimum Gasteiger partial charge on any atom is -0.497 e. The Labute approximate surface area is 72.1 Å². The van der Waals surface area contributed by atoms with E-state index in [-0.39, 0.29) is 0 Å². The molecule has 0 amide bonds. The number of hydrogen-bond donors (Lipinski definition) is 0. The molecule has 60 valence electrons. The molecule has 11 heavy (non-hydrogen) atoms. The lowest BCUT2D eigenvalue weighted by atomic mass is 10.3. The Morgan fingerprint density at radius 1 is 1.36 bits per heavy atom. The molecular formula is C7H7ClO2S. The van der Waals surface area contributed by atoms with E-state index < -0.39 is 10.0 Å². The van der Waals surface area contributed by atoms with Crippen molar-refractivity contribution >= 4 is 20.7 Å². The smallest absolute Gasteiger partial charge is 0.147 e. The third-order valence-electron chi connectivity index (χ3n) is 1.24. The molecule has 0 saturated heterocycles. The highest BCUT2D eigenvalue weighted by Crippen LogP contribution is 2.15. The molecule has 0 N–H and O–H groups in total. The van der Waals surface area contributed by atoms with Gasteiger partial charge in [0.05, 0.1) is 12.0 Å². The Balaban J connectivity index is 2.91. The number of ether oxygens (including phenoxy) is 1. The van der Waals surface area contributed by atoms with E-state index in [9.17, 15) is 4.21 Å². The summed E-state index contributed by atoms with van der Waals surface area (Å²) in [5.74, 6) is 0.732. The number of benzene rings is 1. The molecule has 0 aliphatic carbocycles. The van der Waals surface area contributed by atoms with Crippen molar-refractivity contribution in [3.05, 3.63) is 24.3 Å². The Morgan fingerprint density at radius 3 is 2.27 bits per heavy atom. The monoisotopic (exact) mass is 190 g/mol. The molecule has 1 aromatic carbocycles. The van der Waals surface area contributed by atoms with Crippen LogP contribution in [0, 0.1) is 0 Å². The molecule has 1 unspecified atom stereocenters. The summed E-state index contributed by atoms with van der Waals surface area (Å²) in [6.45, 7) is 0. The van der Waals surface area contributed by atoms with Crippen LogP contribution >= 0.6 is 10.7 Å². The molecule has 1 rings (SSSR count). The topological polar surface area (TPSA) is 26.3 Å². The number of methoxy groups -OCH3 is 1. The molecule has 0 aliphatic heterocycles. The molecule has 2 nitrogen and oxygen atoms in total. The third-order valence-corrected chi connectivity index (χ3v) is 2.42. The van der Waals surface area contributed by atoms with Crippen LogP contribution in [0.1, 0.15) is 0 Å². The van der Waals surface area contributed by atoms with Crippen LogP contribution < -0.4 is 4.74 Å². The van der Waals surface area contributed by atoms with Gasteiger partial charge in [-0.15, -0.1) is 0 Å². The molecule has 0 bridgehead atoms. The lowest BCUT2D eigenvalue weighted by Gasteiger charge is -1.98. The second kappa shape index (κ2) is 3.74. The van der Waals surface area contributed by atoms with Gasteiger partial charge < -0.3 is 4.74 Å². The number of rotatable bonds is 2. The van der Waals surface area contributed by atoms with Crippen LogP contribution in [0.15, 0.2) is 29.2 Å². The molecule has 1 aromatic rings. The van der Waals surface area contributed by atoms with Crippen molar-refractivity contribution in [3.8, 4) is 5.75 Å². The summed E-state index contributed by atoms with van der Waals surface area (Å²) < 4.78 is 15.6. The summed E-state index contributed by atoms with van der Waals surface area (Å²) >= 11 is 0. The Morgan fingerprint density at radius 2 is 1.91 bits per heavy atom. The summed E-state index contributed by atoms with van der Waals surface area (Å²) in [6.07, 6.45) is 0. The average Bonchev–Trinajstić information content (AvgIpc) is 2.05. The molecular weight excluding hydrogens is 184 g/mol. The van der Waals surface area contributed by atoms with Gasteiger partial charge in [-0.3, -0.25) is 0 Å². The lowest BCUT2D eigenvalue weighted by molar-refractivity contribution is 0.414. The molecule has 0 aliphatic rings. The average molecular weight is 191 g/mol. The normalized spacial score (nSPS) is 12.5. The summed E-state index contributed by atoms with van der Waals surface area (Å²) in [5, 5.41) is 0. The van der Waals surface area contributed by atoms with Crippen molar-refractivity contribution in [2.24, 2.45) is 0 Å². The first-order valence-electron chi connectivity index (χ1n) is 2.96. The second-order valence-electron chi connectivity index (χ2n) is 1.90. The van der Waals surface area contributed by atoms with Crippen molar-refractivity contribution in [2.45, 2.75) is 4.90 Å². The van der Waals surface area contributed by atoms with Crippen LogP contribution in [0.4, 0.5) is 0 Å². The SMILES string of the molecule is COc1ccc(S(=O)Cl)cc1. The first kappa shape index (κ1) is 8.56. The van der Waals surface area contributed by atoms with E-state index in [1.165, 1.54) is 0 Å². The summed E-state index contributed by atoms with van der Waals surface area (Å²) in [5.41, 5.74) is 0. The van der Waals surface area contributed by atoms with Gasteiger partial charge in [0, 0.05) is 0 Å². The van der Waals surface area contributed by atoms with E-state index in [2.05, 4.69) is 0 Å². The largest absolute Gasteiger partial charge is 0.497 e. The fourth-order valence-corrected chi connectivity index (χ4v) is 1.34. The zero-order valence-corrected chi connectivity index (χ0v) is 7.48. The van der Waals surface area contributed by atoms with Gasteiger partial charge in [-0.25, -0.2) is 4.21 Å². The molecule has 1 atom stereocenters. The fraction of sp³-hybridized carbons (Fsp3) is 0.143. The van der Waals surface area contributed by atoms with Gasteiger partial charge in [0.15, 0.2) is 0 Å². The predicted octanol–water partition coefficient (Wildman–Crippen LogP) is 1.96. The third kappa shape index (κ3) is 2.20. The van der Waals surface area contributed by atoms with Crippen LogP contribution in [0.2, 0.25) is 0 Å². The number of hydrogen-bond acceptors (Lipinski definition) is 2. The molecule has 0 saturated carbocycles. The fourth-order valence-electron chi connectivity index (χ4n) is 0.683. The Bertz CT molecular complexity index is 258. The number of halogens is 1. The Kier molecular flexibility index (Phi) is 2.91. The van der Waals surface area contributed by atoms with Crippen molar-refractivity contribution < 1.29 is 8.95 Å². The lowest BCUT2D eigenvalue weighted by Crippen LogP contribution is -1.84. The van der Waals surface area contributed by atoms with Crippen molar-refractivity contribution in [1.29, 1.82) is 0 Å². The van der Waals surface area contributed by atoms with E-state index in [0.29, 0.717) is 4.90 Å². The van der Waals surface area contributed by atoms with Crippen LogP contribution in [-0.2, 0) is 10.0 Å². The van der Waals surface area contributed by atoms with Gasteiger partial charge in [-0.1, -0.05) is 0 Å².